The van der Waals surface area contributed by atoms with Crippen LogP contribution in [0.15, 0.2) is 16.8 Å². The third-order valence-corrected chi connectivity index (χ3v) is 4.00. The minimum atomic E-state index is -0.350. The lowest BCUT2D eigenvalue weighted by molar-refractivity contribution is -0.148. The molecule has 1 aromatic heterocycles. The van der Waals surface area contributed by atoms with Gasteiger partial charge in [0, 0.05) is 6.04 Å². The molecule has 1 heterocycles. The van der Waals surface area contributed by atoms with E-state index in [4.69, 9.17) is 4.74 Å². The van der Waals surface area contributed by atoms with Crippen LogP contribution >= 0.6 is 11.3 Å². The number of carbonyl (C=O) groups is 2. The zero-order valence-electron chi connectivity index (χ0n) is 10.9. The third kappa shape index (κ3) is 5.03. The van der Waals surface area contributed by atoms with Gasteiger partial charge in [0.2, 0.25) is 0 Å². The number of amides is 1. The Bertz CT molecular complexity index is 410. The molecule has 1 aliphatic carbocycles. The van der Waals surface area contributed by atoms with Crippen LogP contribution in [-0.4, -0.2) is 24.5 Å². The Morgan fingerprint density at radius 1 is 1.32 bits per heavy atom. The first-order valence-corrected chi connectivity index (χ1v) is 7.64. The number of hydrogen-bond donors (Lipinski definition) is 1. The molecule has 1 amide bonds. The Labute approximate surface area is 117 Å². The van der Waals surface area contributed by atoms with Crippen molar-refractivity contribution in [2.24, 2.45) is 0 Å². The zero-order chi connectivity index (χ0) is 13.5. The van der Waals surface area contributed by atoms with Crippen LogP contribution in [0.25, 0.3) is 0 Å². The minimum Gasteiger partial charge on any atom is -0.455 e. The second-order valence-electron chi connectivity index (χ2n) is 4.87. The Hall–Kier alpha value is -1.36. The van der Waals surface area contributed by atoms with Crippen LogP contribution in [0.5, 0.6) is 0 Å². The molecule has 0 saturated heterocycles. The number of nitrogens with one attached hydrogen (secondary N) is 1. The summed E-state index contributed by atoms with van der Waals surface area (Å²) in [5.74, 6) is -0.539. The van der Waals surface area contributed by atoms with Gasteiger partial charge in [0.25, 0.3) is 5.91 Å². The number of carbonyl (C=O) groups excluding carboxylic acids is 2. The van der Waals surface area contributed by atoms with Crippen LogP contribution in [0.2, 0.25) is 0 Å². The normalized spacial score (nSPS) is 16.0. The predicted molar refractivity (Wildman–Crippen MR) is 74.0 cm³/mol. The summed E-state index contributed by atoms with van der Waals surface area (Å²) in [5.41, 5.74) is 0.933. The van der Waals surface area contributed by atoms with Gasteiger partial charge in [-0.3, -0.25) is 9.59 Å². The van der Waals surface area contributed by atoms with Crippen molar-refractivity contribution in [1.29, 1.82) is 0 Å². The van der Waals surface area contributed by atoms with Gasteiger partial charge in [0.05, 0.1) is 6.42 Å². The number of rotatable bonds is 5. The lowest BCUT2D eigenvalue weighted by Crippen LogP contribution is -2.38. The quantitative estimate of drug-likeness (QED) is 0.842. The molecule has 0 spiro atoms. The van der Waals surface area contributed by atoms with Crippen LogP contribution in [0.1, 0.15) is 37.7 Å². The molecule has 1 aromatic rings. The second-order valence-corrected chi connectivity index (χ2v) is 5.65. The van der Waals surface area contributed by atoms with Crippen molar-refractivity contribution in [2.75, 3.05) is 6.61 Å². The molecule has 2 rings (SSSR count). The molecule has 5 heteroatoms. The van der Waals surface area contributed by atoms with Crippen molar-refractivity contribution in [3.8, 4) is 0 Å². The molecule has 0 atom stereocenters. The van der Waals surface area contributed by atoms with E-state index in [0.29, 0.717) is 0 Å². The van der Waals surface area contributed by atoms with Crippen LogP contribution in [0.4, 0.5) is 0 Å². The van der Waals surface area contributed by atoms with Gasteiger partial charge < -0.3 is 10.1 Å². The summed E-state index contributed by atoms with van der Waals surface area (Å²) in [6, 6.07) is 2.14. The monoisotopic (exact) mass is 281 g/mol. The van der Waals surface area contributed by atoms with E-state index in [1.807, 2.05) is 16.8 Å². The van der Waals surface area contributed by atoms with Gasteiger partial charge in [-0.2, -0.15) is 11.3 Å². The highest BCUT2D eigenvalue weighted by Crippen LogP contribution is 2.17. The van der Waals surface area contributed by atoms with E-state index in [0.717, 1.165) is 18.4 Å². The summed E-state index contributed by atoms with van der Waals surface area (Å²) >= 11 is 1.54. The fourth-order valence-electron chi connectivity index (χ4n) is 2.27. The zero-order valence-corrected chi connectivity index (χ0v) is 11.7. The molecule has 4 nitrogen and oxygen atoms in total. The Balaban J connectivity index is 1.64. The van der Waals surface area contributed by atoms with E-state index < -0.39 is 0 Å². The van der Waals surface area contributed by atoms with E-state index in [9.17, 15) is 9.59 Å². The van der Waals surface area contributed by atoms with Crippen LogP contribution in [0, 0.1) is 0 Å². The van der Waals surface area contributed by atoms with Crippen molar-refractivity contribution in [3.63, 3.8) is 0 Å². The van der Waals surface area contributed by atoms with Gasteiger partial charge in [-0.25, -0.2) is 0 Å². The number of esters is 1. The summed E-state index contributed by atoms with van der Waals surface area (Å²) in [6.45, 7) is -0.167. The van der Waals surface area contributed by atoms with E-state index in [1.54, 1.807) is 11.3 Å². The van der Waals surface area contributed by atoms with Crippen LogP contribution in [-0.2, 0) is 20.7 Å². The molecule has 0 aromatic carbocycles. The summed E-state index contributed by atoms with van der Waals surface area (Å²) < 4.78 is 4.97. The first-order valence-electron chi connectivity index (χ1n) is 6.70. The van der Waals surface area contributed by atoms with Gasteiger partial charge in [0.15, 0.2) is 6.61 Å². The van der Waals surface area contributed by atoms with Gasteiger partial charge in [-0.05, 0) is 35.2 Å². The summed E-state index contributed by atoms with van der Waals surface area (Å²) in [6.07, 6.45) is 5.90. The molecule has 1 fully saturated rings. The van der Waals surface area contributed by atoms with Crippen molar-refractivity contribution in [1.82, 2.24) is 5.32 Å². The molecule has 1 saturated carbocycles. The van der Waals surface area contributed by atoms with Gasteiger partial charge in [0.1, 0.15) is 0 Å². The standard InChI is InChI=1S/C14H19NO3S/c16-13(15-12-4-2-1-3-5-12)9-18-14(17)8-11-6-7-19-10-11/h6-7,10,12H,1-5,8-9H2,(H,15,16). The maximum Gasteiger partial charge on any atom is 0.310 e. The molecule has 104 valence electrons. The predicted octanol–water partition coefficient (Wildman–Crippen LogP) is 2.28. The maximum atomic E-state index is 11.6. The summed E-state index contributed by atoms with van der Waals surface area (Å²) in [5, 5.41) is 6.74. The minimum absolute atomic E-state index is 0.167. The van der Waals surface area contributed by atoms with Gasteiger partial charge >= 0.3 is 5.97 Å². The van der Waals surface area contributed by atoms with Gasteiger partial charge in [-0.1, -0.05) is 19.3 Å². The van der Waals surface area contributed by atoms with E-state index in [2.05, 4.69) is 5.32 Å². The Morgan fingerprint density at radius 3 is 2.79 bits per heavy atom. The number of thiophene rings is 1. The molecule has 1 N–H and O–H groups in total. The van der Waals surface area contributed by atoms with E-state index >= 15 is 0 Å². The fraction of sp³-hybridized carbons (Fsp3) is 0.571. The van der Waals surface area contributed by atoms with Crippen molar-refractivity contribution in [2.45, 2.75) is 44.6 Å². The number of hydrogen-bond acceptors (Lipinski definition) is 4. The second kappa shape index (κ2) is 7.28. The van der Waals surface area contributed by atoms with Crippen LogP contribution in [0.3, 0.4) is 0 Å². The molecule has 0 unspecified atom stereocenters. The van der Waals surface area contributed by atoms with Crippen LogP contribution < -0.4 is 5.32 Å². The molecule has 19 heavy (non-hydrogen) atoms. The first kappa shape index (κ1) is 14.1. The smallest absolute Gasteiger partial charge is 0.310 e. The highest BCUT2D eigenvalue weighted by molar-refractivity contribution is 7.07. The van der Waals surface area contributed by atoms with Crippen molar-refractivity contribution in [3.05, 3.63) is 22.4 Å². The Kier molecular flexibility index (Phi) is 5.39. The number of ether oxygens (including phenoxy) is 1. The van der Waals surface area contributed by atoms with E-state index in [1.165, 1.54) is 19.3 Å². The highest BCUT2D eigenvalue weighted by atomic mass is 32.1. The third-order valence-electron chi connectivity index (χ3n) is 3.26. The average Bonchev–Trinajstić information content (AvgIpc) is 2.90. The SMILES string of the molecule is O=C(COC(=O)Cc1ccsc1)NC1CCCCC1. The summed E-state index contributed by atoms with van der Waals surface area (Å²) in [7, 11) is 0. The highest BCUT2D eigenvalue weighted by Gasteiger charge is 2.16. The van der Waals surface area contributed by atoms with Crippen molar-refractivity contribution >= 4 is 23.2 Å². The molecule has 0 aliphatic heterocycles. The average molecular weight is 281 g/mol. The lowest BCUT2D eigenvalue weighted by Gasteiger charge is -2.22. The molecule has 0 bridgehead atoms. The lowest BCUT2D eigenvalue weighted by atomic mass is 9.95. The van der Waals surface area contributed by atoms with Gasteiger partial charge in [-0.15, -0.1) is 0 Å². The summed E-state index contributed by atoms with van der Waals surface area (Å²) in [4.78, 5) is 23.1. The Morgan fingerprint density at radius 2 is 2.11 bits per heavy atom. The largest absolute Gasteiger partial charge is 0.455 e. The fourth-order valence-corrected chi connectivity index (χ4v) is 2.94. The molecular formula is C14H19NO3S. The maximum absolute atomic E-state index is 11.6. The topological polar surface area (TPSA) is 55.4 Å². The first-order chi connectivity index (χ1) is 9.24. The molecular weight excluding hydrogens is 262 g/mol. The molecule has 1 aliphatic rings. The van der Waals surface area contributed by atoms with Crippen molar-refractivity contribution < 1.29 is 14.3 Å². The van der Waals surface area contributed by atoms with E-state index in [-0.39, 0.29) is 30.9 Å². The molecule has 0 radical (unpaired) electrons.